The number of ether oxygens (including phenoxy) is 1. The van der Waals surface area contributed by atoms with Crippen LogP contribution in [0.5, 0.6) is 0 Å². The summed E-state index contributed by atoms with van der Waals surface area (Å²) in [5.74, 6) is 0.207. The number of hydrogen-bond acceptors (Lipinski definition) is 6. The highest BCUT2D eigenvalue weighted by Gasteiger charge is 2.33. The molecule has 0 spiro atoms. The number of allylic oxidation sites excluding steroid dienone is 1. The number of nitrogens with zero attached hydrogens (tertiary/aromatic N) is 2. The van der Waals surface area contributed by atoms with Crippen LogP contribution < -0.4 is 5.32 Å². The van der Waals surface area contributed by atoms with E-state index < -0.39 is 12.0 Å². The van der Waals surface area contributed by atoms with E-state index in [2.05, 4.69) is 26.2 Å². The molecule has 1 aromatic carbocycles. The summed E-state index contributed by atoms with van der Waals surface area (Å²) in [6.07, 6.45) is 1.72. The summed E-state index contributed by atoms with van der Waals surface area (Å²) in [5, 5.41) is 6.83. The second kappa shape index (κ2) is 8.12. The van der Waals surface area contributed by atoms with Gasteiger partial charge in [0.25, 0.3) is 0 Å². The molecule has 130 valence electrons. The molecule has 2 aromatic rings. The molecule has 1 aliphatic heterocycles. The van der Waals surface area contributed by atoms with E-state index in [4.69, 9.17) is 21.3 Å². The van der Waals surface area contributed by atoms with Crippen LogP contribution in [0.25, 0.3) is 0 Å². The first-order chi connectivity index (χ1) is 12.2. The van der Waals surface area contributed by atoms with Gasteiger partial charge in [0, 0.05) is 33.2 Å². The van der Waals surface area contributed by atoms with E-state index in [-0.39, 0.29) is 6.61 Å². The molecular formula is C17H15BrClN3O2S. The van der Waals surface area contributed by atoms with Crippen molar-refractivity contribution in [2.45, 2.75) is 13.0 Å². The van der Waals surface area contributed by atoms with Gasteiger partial charge in [-0.05, 0) is 13.0 Å². The van der Waals surface area contributed by atoms with Crippen LogP contribution in [0.3, 0.4) is 0 Å². The maximum atomic E-state index is 12.6. The molecule has 0 saturated heterocycles. The molecule has 1 aliphatic rings. The van der Waals surface area contributed by atoms with Crippen LogP contribution >= 0.6 is 38.9 Å². The summed E-state index contributed by atoms with van der Waals surface area (Å²) >= 11 is 11.3. The summed E-state index contributed by atoms with van der Waals surface area (Å²) in [6, 6.07) is 6.82. The number of amidine groups is 1. The second-order valence-corrected chi connectivity index (χ2v) is 6.97. The smallest absolute Gasteiger partial charge is 0.338 e. The number of benzene rings is 1. The first-order valence-electron chi connectivity index (χ1n) is 7.61. The summed E-state index contributed by atoms with van der Waals surface area (Å²) in [5.41, 5.74) is 1.90. The summed E-state index contributed by atoms with van der Waals surface area (Å²) in [6.45, 7) is 2.06. The minimum Gasteiger partial charge on any atom is -0.463 e. The molecule has 0 amide bonds. The Labute approximate surface area is 162 Å². The third-order valence-corrected chi connectivity index (χ3v) is 5.27. The monoisotopic (exact) mass is 439 g/mol. The zero-order chi connectivity index (χ0) is 17.8. The SMILES string of the molecule is CCOC(=O)C1=C(CBr)NC(c2nccs2)=NC1c1ccccc1Cl. The van der Waals surface area contributed by atoms with Crippen LogP contribution in [0, 0.1) is 0 Å². The number of carbonyl (C=O) groups is 1. The number of esters is 1. The van der Waals surface area contributed by atoms with Gasteiger partial charge in [-0.15, -0.1) is 11.3 Å². The Hall–Kier alpha value is -1.70. The highest BCUT2D eigenvalue weighted by atomic mass is 79.9. The summed E-state index contributed by atoms with van der Waals surface area (Å²) in [4.78, 5) is 21.6. The number of aliphatic imine (C=N–C) groups is 1. The van der Waals surface area contributed by atoms with E-state index in [0.29, 0.717) is 27.5 Å². The number of nitrogens with one attached hydrogen (secondary N) is 1. The highest BCUT2D eigenvalue weighted by molar-refractivity contribution is 9.09. The molecule has 0 aliphatic carbocycles. The topological polar surface area (TPSA) is 63.6 Å². The number of alkyl halides is 1. The van der Waals surface area contributed by atoms with Gasteiger partial charge in [-0.2, -0.15) is 0 Å². The lowest BCUT2D eigenvalue weighted by Gasteiger charge is -2.26. The average Bonchev–Trinajstić information content (AvgIpc) is 3.16. The van der Waals surface area contributed by atoms with Gasteiger partial charge >= 0.3 is 5.97 Å². The third-order valence-electron chi connectivity index (χ3n) is 3.59. The molecule has 1 atom stereocenters. The van der Waals surface area contributed by atoms with Crippen LogP contribution in [-0.4, -0.2) is 28.7 Å². The fourth-order valence-corrected chi connectivity index (χ4v) is 3.79. The van der Waals surface area contributed by atoms with Crippen LogP contribution in [0.1, 0.15) is 23.5 Å². The quantitative estimate of drug-likeness (QED) is 0.561. The van der Waals surface area contributed by atoms with Crippen molar-refractivity contribution >= 4 is 50.7 Å². The molecule has 2 heterocycles. The van der Waals surface area contributed by atoms with Gasteiger partial charge in [-0.3, -0.25) is 4.99 Å². The van der Waals surface area contributed by atoms with Crippen molar-refractivity contribution in [1.29, 1.82) is 0 Å². The van der Waals surface area contributed by atoms with E-state index in [0.717, 1.165) is 10.6 Å². The Morgan fingerprint density at radius 1 is 1.44 bits per heavy atom. The van der Waals surface area contributed by atoms with Crippen molar-refractivity contribution in [3.63, 3.8) is 0 Å². The van der Waals surface area contributed by atoms with Gasteiger partial charge in [0.1, 0.15) is 6.04 Å². The van der Waals surface area contributed by atoms with E-state index in [1.54, 1.807) is 19.2 Å². The van der Waals surface area contributed by atoms with Crippen molar-refractivity contribution in [1.82, 2.24) is 10.3 Å². The van der Waals surface area contributed by atoms with Crippen molar-refractivity contribution in [2.24, 2.45) is 4.99 Å². The molecule has 5 nitrogen and oxygen atoms in total. The predicted molar refractivity (Wildman–Crippen MR) is 103 cm³/mol. The molecule has 1 N–H and O–H groups in total. The average molecular weight is 441 g/mol. The third kappa shape index (κ3) is 3.78. The van der Waals surface area contributed by atoms with Gasteiger partial charge in [-0.25, -0.2) is 9.78 Å². The second-order valence-electron chi connectivity index (χ2n) is 5.11. The van der Waals surface area contributed by atoms with Gasteiger partial charge in [0.15, 0.2) is 10.8 Å². The lowest BCUT2D eigenvalue weighted by Crippen LogP contribution is -2.34. The van der Waals surface area contributed by atoms with Gasteiger partial charge < -0.3 is 10.1 Å². The highest BCUT2D eigenvalue weighted by Crippen LogP contribution is 2.36. The number of rotatable bonds is 5. The minimum atomic E-state index is -0.555. The molecule has 0 radical (unpaired) electrons. The number of hydrogen-bond donors (Lipinski definition) is 1. The number of aromatic nitrogens is 1. The Balaban J connectivity index is 2.14. The Bertz CT molecular complexity index is 836. The summed E-state index contributed by atoms with van der Waals surface area (Å²) < 4.78 is 5.25. The number of halogens is 2. The normalized spacial score (nSPS) is 17.1. The van der Waals surface area contributed by atoms with E-state index in [9.17, 15) is 4.79 Å². The molecule has 8 heteroatoms. The molecule has 0 saturated carbocycles. The van der Waals surface area contributed by atoms with E-state index in [1.807, 2.05) is 23.6 Å². The Morgan fingerprint density at radius 2 is 2.24 bits per heavy atom. The zero-order valence-corrected chi connectivity index (χ0v) is 16.5. The van der Waals surface area contributed by atoms with Gasteiger partial charge in [0.2, 0.25) is 0 Å². The van der Waals surface area contributed by atoms with E-state index >= 15 is 0 Å². The summed E-state index contributed by atoms with van der Waals surface area (Å²) in [7, 11) is 0. The van der Waals surface area contributed by atoms with Crippen molar-refractivity contribution < 1.29 is 9.53 Å². The Kier molecular flexibility index (Phi) is 5.88. The van der Waals surface area contributed by atoms with Crippen LogP contribution in [0.4, 0.5) is 0 Å². The fourth-order valence-electron chi connectivity index (χ4n) is 2.52. The first kappa shape index (κ1) is 18.1. The lowest BCUT2D eigenvalue weighted by atomic mass is 9.96. The minimum absolute atomic E-state index is 0.288. The van der Waals surface area contributed by atoms with Gasteiger partial charge in [0.05, 0.1) is 12.2 Å². The largest absolute Gasteiger partial charge is 0.463 e. The van der Waals surface area contributed by atoms with Crippen LogP contribution in [0.2, 0.25) is 5.02 Å². The molecule has 0 bridgehead atoms. The molecule has 0 fully saturated rings. The standard InChI is InChI=1S/C17H15BrClN3O2S/c1-2-24-17(23)13-12(9-18)21-15(16-20-7-8-25-16)22-14(13)10-5-3-4-6-11(10)19/h3-8,14H,2,9H2,1H3,(H,21,22). The van der Waals surface area contributed by atoms with Crippen molar-refractivity contribution in [3.8, 4) is 0 Å². The lowest BCUT2D eigenvalue weighted by molar-refractivity contribution is -0.138. The molecular weight excluding hydrogens is 426 g/mol. The first-order valence-corrected chi connectivity index (χ1v) is 9.98. The van der Waals surface area contributed by atoms with Crippen LogP contribution in [0.15, 0.2) is 52.1 Å². The van der Waals surface area contributed by atoms with Crippen molar-refractivity contribution in [3.05, 3.63) is 62.7 Å². The predicted octanol–water partition coefficient (Wildman–Crippen LogP) is 4.10. The fraction of sp³-hybridized carbons (Fsp3) is 0.235. The van der Waals surface area contributed by atoms with Gasteiger partial charge in [-0.1, -0.05) is 45.7 Å². The van der Waals surface area contributed by atoms with Crippen LogP contribution in [-0.2, 0) is 9.53 Å². The molecule has 3 rings (SSSR count). The van der Waals surface area contributed by atoms with Crippen molar-refractivity contribution in [2.75, 3.05) is 11.9 Å². The zero-order valence-electron chi connectivity index (χ0n) is 13.3. The molecule has 25 heavy (non-hydrogen) atoms. The molecule has 1 aromatic heterocycles. The maximum absolute atomic E-state index is 12.6. The Morgan fingerprint density at radius 3 is 2.88 bits per heavy atom. The molecule has 1 unspecified atom stereocenters. The van der Waals surface area contributed by atoms with E-state index in [1.165, 1.54) is 11.3 Å². The number of carbonyl (C=O) groups excluding carboxylic acids is 1. The number of thiazole rings is 1. The maximum Gasteiger partial charge on any atom is 0.338 e.